The highest BCUT2D eigenvalue weighted by molar-refractivity contribution is 5.71. The summed E-state index contributed by atoms with van der Waals surface area (Å²) in [5, 5.41) is 19.1. The van der Waals surface area contributed by atoms with Crippen molar-refractivity contribution in [2.24, 2.45) is 5.92 Å². The van der Waals surface area contributed by atoms with Gasteiger partial charge in [0.1, 0.15) is 0 Å². The Morgan fingerprint density at radius 1 is 1.28 bits per heavy atom. The van der Waals surface area contributed by atoms with Crippen LogP contribution < -0.4 is 9.47 Å². The van der Waals surface area contributed by atoms with Crippen molar-refractivity contribution in [3.8, 4) is 11.5 Å². The second-order valence-corrected chi connectivity index (χ2v) is 3.91. The Morgan fingerprint density at radius 3 is 2.33 bits per heavy atom. The standard InChI is InChI=1S/C13H18O5/c1-4-9(13(15)16)12(14)8-5-6-10(17-2)11(7-8)18-3/h5-7,9,12,14H,4H2,1-3H3,(H,15,16). The van der Waals surface area contributed by atoms with Crippen molar-refractivity contribution < 1.29 is 24.5 Å². The fourth-order valence-electron chi connectivity index (χ4n) is 1.80. The van der Waals surface area contributed by atoms with Crippen molar-refractivity contribution in [2.45, 2.75) is 19.4 Å². The van der Waals surface area contributed by atoms with Gasteiger partial charge in [0, 0.05) is 0 Å². The third-order valence-electron chi connectivity index (χ3n) is 2.89. The quantitative estimate of drug-likeness (QED) is 0.810. The van der Waals surface area contributed by atoms with Crippen molar-refractivity contribution in [2.75, 3.05) is 14.2 Å². The largest absolute Gasteiger partial charge is 0.493 e. The number of carboxylic acid groups (broad SMARTS) is 1. The van der Waals surface area contributed by atoms with Crippen molar-refractivity contribution >= 4 is 5.97 Å². The Morgan fingerprint density at radius 2 is 1.89 bits per heavy atom. The molecule has 0 heterocycles. The molecule has 1 rings (SSSR count). The average Bonchev–Trinajstić information content (AvgIpc) is 2.38. The zero-order valence-electron chi connectivity index (χ0n) is 10.7. The normalized spacial score (nSPS) is 13.8. The molecule has 1 aromatic carbocycles. The molecule has 0 spiro atoms. The molecular weight excluding hydrogens is 236 g/mol. The Hall–Kier alpha value is -1.75. The summed E-state index contributed by atoms with van der Waals surface area (Å²) in [6, 6.07) is 4.87. The van der Waals surface area contributed by atoms with Crippen LogP contribution in [-0.2, 0) is 4.79 Å². The van der Waals surface area contributed by atoms with Crippen LogP contribution in [0.4, 0.5) is 0 Å². The van der Waals surface area contributed by atoms with Crippen molar-refractivity contribution in [1.82, 2.24) is 0 Å². The van der Waals surface area contributed by atoms with Gasteiger partial charge in [0.15, 0.2) is 11.5 Å². The Kier molecular flexibility index (Phi) is 4.97. The monoisotopic (exact) mass is 254 g/mol. The molecule has 100 valence electrons. The maximum absolute atomic E-state index is 11.0. The van der Waals surface area contributed by atoms with Gasteiger partial charge in [0.2, 0.25) is 0 Å². The molecule has 1 aromatic rings. The minimum Gasteiger partial charge on any atom is -0.493 e. The summed E-state index contributed by atoms with van der Waals surface area (Å²) in [4.78, 5) is 11.0. The summed E-state index contributed by atoms with van der Waals surface area (Å²) < 4.78 is 10.2. The van der Waals surface area contributed by atoms with Crippen LogP contribution in [0.2, 0.25) is 0 Å². The molecule has 0 aliphatic carbocycles. The van der Waals surface area contributed by atoms with E-state index in [-0.39, 0.29) is 0 Å². The van der Waals surface area contributed by atoms with Gasteiger partial charge in [-0.15, -0.1) is 0 Å². The predicted octanol–water partition coefficient (Wildman–Crippen LogP) is 1.85. The number of methoxy groups -OCH3 is 2. The zero-order valence-corrected chi connectivity index (χ0v) is 10.7. The molecule has 0 saturated heterocycles. The molecule has 5 heteroatoms. The molecule has 0 amide bonds. The van der Waals surface area contributed by atoms with Crippen LogP contribution in [0.15, 0.2) is 18.2 Å². The van der Waals surface area contributed by atoms with Gasteiger partial charge in [-0.1, -0.05) is 13.0 Å². The van der Waals surface area contributed by atoms with E-state index in [4.69, 9.17) is 14.6 Å². The van der Waals surface area contributed by atoms with E-state index < -0.39 is 18.0 Å². The first-order chi connectivity index (χ1) is 8.54. The van der Waals surface area contributed by atoms with E-state index in [1.165, 1.54) is 14.2 Å². The molecule has 0 fully saturated rings. The van der Waals surface area contributed by atoms with Gasteiger partial charge in [-0.05, 0) is 24.1 Å². The third kappa shape index (κ3) is 2.92. The number of benzene rings is 1. The third-order valence-corrected chi connectivity index (χ3v) is 2.89. The second kappa shape index (κ2) is 6.26. The highest BCUT2D eigenvalue weighted by Gasteiger charge is 2.26. The van der Waals surface area contributed by atoms with E-state index >= 15 is 0 Å². The topological polar surface area (TPSA) is 76.0 Å². The minimum atomic E-state index is -1.06. The van der Waals surface area contributed by atoms with E-state index in [0.29, 0.717) is 23.5 Å². The molecule has 5 nitrogen and oxygen atoms in total. The summed E-state index contributed by atoms with van der Waals surface area (Å²) in [5.74, 6) is -0.839. The molecule has 2 unspecified atom stereocenters. The van der Waals surface area contributed by atoms with Gasteiger partial charge in [-0.2, -0.15) is 0 Å². The first kappa shape index (κ1) is 14.3. The number of aliphatic carboxylic acids is 1. The van der Waals surface area contributed by atoms with Gasteiger partial charge in [0.25, 0.3) is 0 Å². The van der Waals surface area contributed by atoms with Crippen LogP contribution in [0.5, 0.6) is 11.5 Å². The highest BCUT2D eigenvalue weighted by Crippen LogP contribution is 2.33. The van der Waals surface area contributed by atoms with Crippen LogP contribution in [-0.4, -0.2) is 30.4 Å². The van der Waals surface area contributed by atoms with Crippen molar-refractivity contribution in [3.63, 3.8) is 0 Å². The lowest BCUT2D eigenvalue weighted by molar-refractivity contribution is -0.146. The molecule has 2 N–H and O–H groups in total. The number of carboxylic acids is 1. The van der Waals surface area contributed by atoms with Gasteiger partial charge < -0.3 is 19.7 Å². The summed E-state index contributed by atoms with van der Waals surface area (Å²) >= 11 is 0. The van der Waals surface area contributed by atoms with Crippen LogP contribution in [0.1, 0.15) is 25.0 Å². The average molecular weight is 254 g/mol. The smallest absolute Gasteiger partial charge is 0.309 e. The first-order valence-electron chi connectivity index (χ1n) is 5.67. The van der Waals surface area contributed by atoms with Crippen LogP contribution in [0.25, 0.3) is 0 Å². The van der Waals surface area contributed by atoms with E-state index in [1.807, 2.05) is 0 Å². The number of ether oxygens (including phenoxy) is 2. The van der Waals surface area contributed by atoms with E-state index in [0.717, 1.165) is 0 Å². The van der Waals surface area contributed by atoms with Crippen LogP contribution in [0.3, 0.4) is 0 Å². The van der Waals surface area contributed by atoms with Gasteiger partial charge in [-0.3, -0.25) is 4.79 Å². The SMILES string of the molecule is CCC(C(=O)O)C(O)c1ccc(OC)c(OC)c1. The number of hydrogen-bond donors (Lipinski definition) is 2. The van der Waals surface area contributed by atoms with Gasteiger partial charge in [-0.25, -0.2) is 0 Å². The fraction of sp³-hybridized carbons (Fsp3) is 0.462. The molecule has 2 atom stereocenters. The minimum absolute atomic E-state index is 0.352. The van der Waals surface area contributed by atoms with E-state index in [2.05, 4.69) is 0 Å². The van der Waals surface area contributed by atoms with Gasteiger partial charge in [0.05, 0.1) is 26.2 Å². The molecule has 0 radical (unpaired) electrons. The van der Waals surface area contributed by atoms with Crippen molar-refractivity contribution in [3.05, 3.63) is 23.8 Å². The number of rotatable bonds is 6. The summed E-state index contributed by atoms with van der Waals surface area (Å²) in [6.07, 6.45) is -0.711. The maximum atomic E-state index is 11.0. The number of aliphatic hydroxyl groups is 1. The lowest BCUT2D eigenvalue weighted by Gasteiger charge is -2.19. The van der Waals surface area contributed by atoms with Crippen LogP contribution >= 0.6 is 0 Å². The van der Waals surface area contributed by atoms with Gasteiger partial charge >= 0.3 is 5.97 Å². The summed E-state index contributed by atoms with van der Waals surface area (Å²) in [7, 11) is 3.00. The van der Waals surface area contributed by atoms with E-state index in [9.17, 15) is 9.90 Å². The number of aliphatic hydroxyl groups excluding tert-OH is 1. The second-order valence-electron chi connectivity index (χ2n) is 3.91. The molecule has 0 aromatic heterocycles. The summed E-state index contributed by atoms with van der Waals surface area (Å²) in [5.41, 5.74) is 0.502. The molecule has 0 bridgehead atoms. The fourth-order valence-corrected chi connectivity index (χ4v) is 1.80. The number of hydrogen-bond acceptors (Lipinski definition) is 4. The maximum Gasteiger partial charge on any atom is 0.309 e. The molecule has 0 aliphatic heterocycles. The predicted molar refractivity (Wildman–Crippen MR) is 65.9 cm³/mol. The Balaban J connectivity index is 3.05. The van der Waals surface area contributed by atoms with E-state index in [1.54, 1.807) is 25.1 Å². The number of carbonyl (C=O) groups is 1. The summed E-state index contributed by atoms with van der Waals surface area (Å²) in [6.45, 7) is 1.72. The molecule has 0 aliphatic rings. The van der Waals surface area contributed by atoms with Crippen molar-refractivity contribution in [1.29, 1.82) is 0 Å². The molecule has 0 saturated carbocycles. The lowest BCUT2D eigenvalue weighted by Crippen LogP contribution is -2.21. The molecular formula is C13H18O5. The first-order valence-corrected chi connectivity index (χ1v) is 5.67. The highest BCUT2D eigenvalue weighted by atomic mass is 16.5. The van der Waals surface area contributed by atoms with Crippen LogP contribution in [0, 0.1) is 5.92 Å². The lowest BCUT2D eigenvalue weighted by atomic mass is 9.93. The molecule has 18 heavy (non-hydrogen) atoms. The Labute approximate surface area is 106 Å². The zero-order chi connectivity index (χ0) is 13.7. The Bertz CT molecular complexity index is 416.